The molecule has 196 valence electrons. The Balaban J connectivity index is 1.64. The zero-order valence-electron chi connectivity index (χ0n) is 20.2. The van der Waals surface area contributed by atoms with Crippen molar-refractivity contribution in [1.29, 1.82) is 0 Å². The Morgan fingerprint density at radius 2 is 1.81 bits per heavy atom. The molecule has 0 spiro atoms. The summed E-state index contributed by atoms with van der Waals surface area (Å²) in [5, 5.41) is 10.3. The predicted molar refractivity (Wildman–Crippen MR) is 131 cm³/mol. The van der Waals surface area contributed by atoms with Gasteiger partial charge in [0.05, 0.1) is 24.6 Å². The highest BCUT2D eigenvalue weighted by molar-refractivity contribution is 5.80. The Morgan fingerprint density at radius 1 is 1.08 bits per heavy atom. The maximum Gasteiger partial charge on any atom is 0.332 e. The molecule has 2 fully saturated rings. The number of rotatable bonds is 8. The van der Waals surface area contributed by atoms with Crippen molar-refractivity contribution >= 4 is 17.3 Å². The monoisotopic (exact) mass is 515 g/mol. The van der Waals surface area contributed by atoms with Gasteiger partial charge < -0.3 is 19.5 Å². The maximum atomic E-state index is 13.8. The summed E-state index contributed by atoms with van der Waals surface area (Å²) in [5.74, 6) is 0.222. The van der Waals surface area contributed by atoms with Gasteiger partial charge in [-0.3, -0.25) is 18.7 Å². The highest BCUT2D eigenvalue weighted by atomic mass is 19.3. The molecule has 2 unspecified atom stereocenters. The second-order valence-electron chi connectivity index (χ2n) is 9.49. The first-order valence-electron chi connectivity index (χ1n) is 12.1. The lowest BCUT2D eigenvalue weighted by Gasteiger charge is -2.37. The van der Waals surface area contributed by atoms with Gasteiger partial charge in [-0.1, -0.05) is 6.07 Å². The molecular formula is C26H27F2N3O6. The van der Waals surface area contributed by atoms with Crippen molar-refractivity contribution in [3.05, 3.63) is 62.8 Å². The van der Waals surface area contributed by atoms with E-state index in [4.69, 9.17) is 9.47 Å². The molecule has 3 aromatic rings. The number of piperidine rings is 1. The van der Waals surface area contributed by atoms with E-state index in [-0.39, 0.29) is 47.3 Å². The van der Waals surface area contributed by atoms with E-state index in [2.05, 4.69) is 0 Å². The number of hydrogen-bond donors (Lipinski definition) is 1. The fraction of sp³-hybridized carbons (Fsp3) is 0.423. The number of hydrogen-bond acceptors (Lipinski definition) is 6. The Labute approximate surface area is 210 Å². The number of benzene rings is 2. The van der Waals surface area contributed by atoms with E-state index in [9.17, 15) is 28.3 Å². The van der Waals surface area contributed by atoms with Gasteiger partial charge in [-0.05, 0) is 61.6 Å². The molecular weight excluding hydrogens is 488 g/mol. The van der Waals surface area contributed by atoms with Gasteiger partial charge in [-0.15, -0.1) is 0 Å². The standard InChI is InChI=1S/C26H27F2N3O6/c1-36-23-7-2-15(8-22(23)33)12-29-25(34)20-11-19(37-13-24(27)28)5-6-21(20)31(26(29)35)18-9-16-3-4-17(10-18)30(16)14-32/h2,5-8,11,14,16-18,24,33H,3-4,9-10,12-13H2,1H3. The van der Waals surface area contributed by atoms with Crippen molar-refractivity contribution in [2.24, 2.45) is 0 Å². The number of phenols is 1. The Morgan fingerprint density at radius 3 is 2.43 bits per heavy atom. The van der Waals surface area contributed by atoms with Crippen LogP contribution in [0.3, 0.4) is 0 Å². The van der Waals surface area contributed by atoms with E-state index in [1.807, 2.05) is 4.90 Å². The lowest BCUT2D eigenvalue weighted by Crippen LogP contribution is -2.47. The van der Waals surface area contributed by atoms with Crippen molar-refractivity contribution in [2.75, 3.05) is 13.7 Å². The van der Waals surface area contributed by atoms with E-state index >= 15 is 0 Å². The van der Waals surface area contributed by atoms with Crippen LogP contribution in [0.5, 0.6) is 17.2 Å². The molecule has 0 saturated carbocycles. The summed E-state index contributed by atoms with van der Waals surface area (Å²) in [7, 11) is 1.41. The summed E-state index contributed by atoms with van der Waals surface area (Å²) >= 11 is 0. The number of alkyl halides is 2. The number of ether oxygens (including phenoxy) is 2. The largest absolute Gasteiger partial charge is 0.504 e. The van der Waals surface area contributed by atoms with Crippen LogP contribution >= 0.6 is 0 Å². The van der Waals surface area contributed by atoms with Gasteiger partial charge in [0, 0.05) is 18.1 Å². The zero-order chi connectivity index (χ0) is 26.3. The fourth-order valence-corrected chi connectivity index (χ4v) is 5.69. The molecule has 5 rings (SSSR count). The highest BCUT2D eigenvalue weighted by Crippen LogP contribution is 2.40. The summed E-state index contributed by atoms with van der Waals surface area (Å²) in [6.45, 7) is -0.939. The van der Waals surface area contributed by atoms with E-state index < -0.39 is 24.3 Å². The smallest absolute Gasteiger partial charge is 0.332 e. The van der Waals surface area contributed by atoms with Gasteiger partial charge in [-0.25, -0.2) is 13.6 Å². The normalized spacial score (nSPS) is 21.0. The van der Waals surface area contributed by atoms with Gasteiger partial charge in [0.15, 0.2) is 11.5 Å². The average Bonchev–Trinajstić information content (AvgIpc) is 3.13. The topological polar surface area (TPSA) is 103 Å². The minimum absolute atomic E-state index is 0.00996. The van der Waals surface area contributed by atoms with Crippen LogP contribution < -0.4 is 20.7 Å². The van der Waals surface area contributed by atoms with Crippen LogP contribution in [0, 0.1) is 0 Å². The molecule has 37 heavy (non-hydrogen) atoms. The minimum atomic E-state index is -2.68. The van der Waals surface area contributed by atoms with Crippen LogP contribution in [0.2, 0.25) is 0 Å². The van der Waals surface area contributed by atoms with E-state index in [0.717, 1.165) is 23.8 Å². The predicted octanol–water partition coefficient (Wildman–Crippen LogP) is 2.89. The Hall–Kier alpha value is -3.89. The average molecular weight is 516 g/mol. The van der Waals surface area contributed by atoms with Crippen molar-refractivity contribution in [1.82, 2.24) is 14.0 Å². The number of nitrogens with zero attached hydrogens (tertiary/aromatic N) is 3. The van der Waals surface area contributed by atoms with Gasteiger partial charge in [0.1, 0.15) is 12.4 Å². The first kappa shape index (κ1) is 24.8. The number of phenolic OH excluding ortho intramolecular Hbond substituents is 1. The summed E-state index contributed by atoms with van der Waals surface area (Å²) in [4.78, 5) is 40.8. The quantitative estimate of drug-likeness (QED) is 0.463. The number of aromatic hydroxyl groups is 1. The summed E-state index contributed by atoms with van der Waals surface area (Å²) in [6, 6.07) is 8.77. The van der Waals surface area contributed by atoms with Crippen molar-refractivity contribution < 1.29 is 28.2 Å². The van der Waals surface area contributed by atoms with Gasteiger partial charge in [-0.2, -0.15) is 0 Å². The van der Waals surface area contributed by atoms with Crippen LogP contribution in [0.25, 0.3) is 10.9 Å². The Kier molecular flexibility index (Phi) is 6.61. The molecule has 1 aromatic heterocycles. The molecule has 2 aliphatic heterocycles. The lowest BCUT2D eigenvalue weighted by atomic mass is 9.97. The first-order chi connectivity index (χ1) is 17.8. The molecule has 9 nitrogen and oxygen atoms in total. The number of carbonyl (C=O) groups is 1. The SMILES string of the molecule is COc1ccc(Cn2c(=O)c3cc(OCC(F)F)ccc3n(C3CC4CCC(C3)N4C=O)c2=O)cc1O. The van der Waals surface area contributed by atoms with Crippen molar-refractivity contribution in [3.63, 3.8) is 0 Å². The zero-order valence-corrected chi connectivity index (χ0v) is 20.2. The third-order valence-electron chi connectivity index (χ3n) is 7.35. The number of carbonyl (C=O) groups excluding carboxylic acids is 1. The second-order valence-corrected chi connectivity index (χ2v) is 9.49. The lowest BCUT2D eigenvalue weighted by molar-refractivity contribution is -0.122. The molecule has 0 radical (unpaired) electrons. The fourth-order valence-electron chi connectivity index (χ4n) is 5.69. The van der Waals surface area contributed by atoms with Crippen LogP contribution in [-0.4, -0.2) is 57.8 Å². The molecule has 1 amide bonds. The molecule has 2 aromatic carbocycles. The van der Waals surface area contributed by atoms with Crippen LogP contribution in [0.1, 0.15) is 37.3 Å². The van der Waals surface area contributed by atoms with Crippen LogP contribution in [0.4, 0.5) is 8.78 Å². The number of fused-ring (bicyclic) bond motifs is 3. The molecule has 0 aliphatic carbocycles. The van der Waals surface area contributed by atoms with Crippen LogP contribution in [0.15, 0.2) is 46.0 Å². The minimum Gasteiger partial charge on any atom is -0.504 e. The molecule has 2 atom stereocenters. The molecule has 1 N–H and O–H groups in total. The second kappa shape index (κ2) is 9.87. The summed E-state index contributed by atoms with van der Waals surface area (Å²) in [5.41, 5.74) is -0.220. The van der Waals surface area contributed by atoms with Gasteiger partial charge >= 0.3 is 5.69 Å². The molecule has 3 heterocycles. The van der Waals surface area contributed by atoms with Gasteiger partial charge in [0.2, 0.25) is 6.41 Å². The first-order valence-corrected chi connectivity index (χ1v) is 12.1. The van der Waals surface area contributed by atoms with E-state index in [1.54, 1.807) is 22.8 Å². The van der Waals surface area contributed by atoms with Crippen molar-refractivity contribution in [3.8, 4) is 17.2 Å². The summed E-state index contributed by atoms with van der Waals surface area (Å²) in [6.07, 6.45) is 1.02. The summed E-state index contributed by atoms with van der Waals surface area (Å²) < 4.78 is 38.3. The molecule has 2 bridgehead atoms. The number of methoxy groups -OCH3 is 1. The molecule has 2 saturated heterocycles. The Bertz CT molecular complexity index is 1440. The van der Waals surface area contributed by atoms with Crippen molar-refractivity contribution in [2.45, 2.75) is 56.8 Å². The maximum absolute atomic E-state index is 13.8. The third kappa shape index (κ3) is 4.54. The highest BCUT2D eigenvalue weighted by Gasteiger charge is 2.41. The molecule has 11 heteroatoms. The molecule has 2 aliphatic rings. The number of aromatic nitrogens is 2. The van der Waals surface area contributed by atoms with Crippen LogP contribution in [-0.2, 0) is 11.3 Å². The number of amides is 1. The van der Waals surface area contributed by atoms with E-state index in [0.29, 0.717) is 23.9 Å². The van der Waals surface area contributed by atoms with Gasteiger partial charge in [0.25, 0.3) is 12.0 Å². The van der Waals surface area contributed by atoms with E-state index in [1.165, 1.54) is 25.3 Å². The number of halogens is 2. The third-order valence-corrected chi connectivity index (χ3v) is 7.35.